The Balaban J connectivity index is 2.28. The molecule has 3 rings (SSSR count). The van der Waals surface area contributed by atoms with E-state index >= 15 is 0 Å². The number of aromatic carboxylic acids is 1. The van der Waals surface area contributed by atoms with Crippen molar-refractivity contribution in [3.05, 3.63) is 51.2 Å². The molecule has 0 spiro atoms. The van der Waals surface area contributed by atoms with Crippen molar-refractivity contribution in [3.8, 4) is 16.9 Å². The number of primary amides is 1. The minimum atomic E-state index is -1.46. The molecule has 1 heterocycles. The molecule has 1 aliphatic heterocycles. The van der Waals surface area contributed by atoms with E-state index in [0.29, 0.717) is 15.8 Å². The number of amides is 1. The van der Waals surface area contributed by atoms with Gasteiger partial charge < -0.3 is 15.6 Å². The first-order valence-electron chi connectivity index (χ1n) is 8.73. The van der Waals surface area contributed by atoms with Crippen LogP contribution < -0.4 is 10.5 Å². The van der Waals surface area contributed by atoms with Gasteiger partial charge in [-0.2, -0.15) is 0 Å². The molecule has 0 atom stereocenters. The average molecular weight is 450 g/mol. The van der Waals surface area contributed by atoms with E-state index in [2.05, 4.69) is 29.8 Å². The van der Waals surface area contributed by atoms with Gasteiger partial charge in [-0.15, -0.1) is 0 Å². The zero-order valence-electron chi connectivity index (χ0n) is 16.0. The van der Waals surface area contributed by atoms with Gasteiger partial charge in [-0.1, -0.05) is 19.9 Å². The Labute approximate surface area is 170 Å². The van der Waals surface area contributed by atoms with Gasteiger partial charge in [0.2, 0.25) is 0 Å². The molecule has 0 saturated heterocycles. The summed E-state index contributed by atoms with van der Waals surface area (Å²) in [5, 5.41) is 9.14. The first-order chi connectivity index (χ1) is 12.8. The van der Waals surface area contributed by atoms with Crippen molar-refractivity contribution in [2.24, 2.45) is 5.73 Å². The summed E-state index contributed by atoms with van der Waals surface area (Å²) < 4.78 is 21.5. The molecule has 0 fully saturated rings. The zero-order valence-corrected chi connectivity index (χ0v) is 17.6. The predicted octanol–water partition coefficient (Wildman–Crippen LogP) is 4.89. The Bertz CT molecular complexity index is 1010. The normalized spacial score (nSPS) is 16.8. The number of carboxylic acid groups (broad SMARTS) is 1. The first-order valence-corrected chi connectivity index (χ1v) is 9.52. The van der Waals surface area contributed by atoms with Crippen LogP contribution in [0, 0.1) is 5.82 Å². The molecule has 5 nitrogen and oxygen atoms in total. The minimum absolute atomic E-state index is 0.234. The molecule has 148 valence electrons. The van der Waals surface area contributed by atoms with E-state index in [0.717, 1.165) is 18.1 Å². The van der Waals surface area contributed by atoms with Gasteiger partial charge in [0.1, 0.15) is 11.4 Å². The van der Waals surface area contributed by atoms with Crippen LogP contribution in [-0.4, -0.2) is 22.6 Å². The van der Waals surface area contributed by atoms with Gasteiger partial charge in [0.25, 0.3) is 5.91 Å². The highest BCUT2D eigenvalue weighted by Crippen LogP contribution is 2.49. The van der Waals surface area contributed by atoms with E-state index in [1.54, 1.807) is 6.07 Å². The highest BCUT2D eigenvalue weighted by Gasteiger charge is 2.40. The van der Waals surface area contributed by atoms with Crippen molar-refractivity contribution in [2.45, 2.75) is 45.1 Å². The second kappa shape index (κ2) is 6.58. The van der Waals surface area contributed by atoms with Crippen LogP contribution in [0.1, 0.15) is 60.4 Å². The molecular formula is C21H21BrFNO4. The summed E-state index contributed by atoms with van der Waals surface area (Å²) in [6.07, 6.45) is 0.762. The van der Waals surface area contributed by atoms with Crippen LogP contribution in [-0.2, 0) is 5.41 Å². The molecule has 1 aliphatic rings. The third kappa shape index (κ3) is 3.39. The van der Waals surface area contributed by atoms with E-state index in [9.17, 15) is 14.0 Å². The highest BCUT2D eigenvalue weighted by molar-refractivity contribution is 9.10. The molecule has 3 N–H and O–H groups in total. The van der Waals surface area contributed by atoms with Crippen LogP contribution in [0.25, 0.3) is 11.1 Å². The smallest absolute Gasteiger partial charge is 0.338 e. The van der Waals surface area contributed by atoms with Crippen LogP contribution in [0.5, 0.6) is 5.75 Å². The van der Waals surface area contributed by atoms with Gasteiger partial charge in [0, 0.05) is 5.56 Å². The molecule has 0 bridgehead atoms. The summed E-state index contributed by atoms with van der Waals surface area (Å²) in [4.78, 5) is 23.1. The third-order valence-corrected chi connectivity index (χ3v) is 5.54. The fourth-order valence-corrected chi connectivity index (χ4v) is 4.59. The van der Waals surface area contributed by atoms with Crippen molar-refractivity contribution in [3.63, 3.8) is 0 Å². The summed E-state index contributed by atoms with van der Waals surface area (Å²) in [6, 6.07) is 6.11. The Morgan fingerprint density at radius 1 is 1.21 bits per heavy atom. The molecule has 0 aliphatic carbocycles. The number of halogens is 2. The maximum atomic E-state index is 14.7. The molecule has 7 heteroatoms. The Kier molecular flexibility index (Phi) is 4.78. The Hall–Kier alpha value is -2.41. The molecular weight excluding hydrogens is 429 g/mol. The van der Waals surface area contributed by atoms with Crippen LogP contribution in [0.3, 0.4) is 0 Å². The molecule has 0 aromatic heterocycles. The van der Waals surface area contributed by atoms with Gasteiger partial charge in [0.05, 0.1) is 15.6 Å². The van der Waals surface area contributed by atoms with E-state index in [1.165, 1.54) is 6.07 Å². The second-order valence-electron chi connectivity index (χ2n) is 8.28. The number of rotatable bonds is 3. The molecule has 0 unspecified atom stereocenters. The van der Waals surface area contributed by atoms with Gasteiger partial charge in [-0.05, 0) is 70.9 Å². The van der Waals surface area contributed by atoms with Crippen LogP contribution >= 0.6 is 15.9 Å². The summed E-state index contributed by atoms with van der Waals surface area (Å²) in [5.74, 6) is -2.92. The summed E-state index contributed by atoms with van der Waals surface area (Å²) in [7, 11) is 0. The van der Waals surface area contributed by atoms with Crippen molar-refractivity contribution >= 4 is 27.8 Å². The van der Waals surface area contributed by atoms with Crippen molar-refractivity contribution in [1.29, 1.82) is 0 Å². The maximum absolute atomic E-state index is 14.7. The third-order valence-electron chi connectivity index (χ3n) is 4.95. The lowest BCUT2D eigenvalue weighted by atomic mass is 9.73. The van der Waals surface area contributed by atoms with E-state index < -0.39 is 28.8 Å². The lowest BCUT2D eigenvalue weighted by Crippen LogP contribution is -2.41. The number of ether oxygens (including phenoxy) is 1. The molecule has 1 amide bonds. The van der Waals surface area contributed by atoms with Crippen LogP contribution in [0.2, 0.25) is 0 Å². The van der Waals surface area contributed by atoms with Gasteiger partial charge in [0.15, 0.2) is 5.82 Å². The number of carbonyl (C=O) groups is 2. The average Bonchev–Trinajstić information content (AvgIpc) is 2.53. The van der Waals surface area contributed by atoms with Crippen molar-refractivity contribution < 1.29 is 23.8 Å². The van der Waals surface area contributed by atoms with E-state index in [1.807, 2.05) is 19.9 Å². The number of fused-ring (bicyclic) bond motifs is 1. The summed E-state index contributed by atoms with van der Waals surface area (Å²) in [5.41, 5.74) is 5.45. The maximum Gasteiger partial charge on any atom is 0.338 e. The highest BCUT2D eigenvalue weighted by atomic mass is 79.9. The molecule has 0 radical (unpaired) electrons. The number of hydrogen-bond acceptors (Lipinski definition) is 3. The fraction of sp³-hybridized carbons (Fsp3) is 0.333. The minimum Gasteiger partial charge on any atom is -0.486 e. The van der Waals surface area contributed by atoms with Gasteiger partial charge >= 0.3 is 5.97 Å². The Morgan fingerprint density at radius 2 is 1.86 bits per heavy atom. The standard InChI is InChI=1S/C21H21BrFNO4/c1-20(2)9-21(3,4)28-17-13(20)7-10(8-14(17)22)11-5-6-12(19(26)27)16(23)15(11)18(24)25/h5-8H,9H2,1-4H3,(H2,24,25)(H,26,27). The summed E-state index contributed by atoms with van der Waals surface area (Å²) in [6.45, 7) is 8.22. The Morgan fingerprint density at radius 3 is 2.43 bits per heavy atom. The first kappa shape index (κ1) is 20.3. The fourth-order valence-electron chi connectivity index (χ4n) is 4.05. The monoisotopic (exact) mass is 449 g/mol. The molecule has 2 aromatic carbocycles. The molecule has 0 saturated carbocycles. The summed E-state index contributed by atoms with van der Waals surface area (Å²) >= 11 is 3.52. The van der Waals surface area contributed by atoms with E-state index in [4.69, 9.17) is 15.6 Å². The largest absolute Gasteiger partial charge is 0.486 e. The van der Waals surface area contributed by atoms with Crippen molar-refractivity contribution in [2.75, 3.05) is 0 Å². The zero-order chi connectivity index (χ0) is 21.0. The lowest BCUT2D eigenvalue weighted by Gasteiger charge is -2.43. The van der Waals surface area contributed by atoms with Crippen molar-refractivity contribution in [1.82, 2.24) is 0 Å². The number of benzene rings is 2. The number of carboxylic acids is 1. The van der Waals surface area contributed by atoms with Gasteiger partial charge in [-0.25, -0.2) is 9.18 Å². The lowest BCUT2D eigenvalue weighted by molar-refractivity contribution is 0.0524. The van der Waals surface area contributed by atoms with Crippen LogP contribution in [0.15, 0.2) is 28.7 Å². The van der Waals surface area contributed by atoms with Crippen LogP contribution in [0.4, 0.5) is 4.39 Å². The molecule has 28 heavy (non-hydrogen) atoms. The second-order valence-corrected chi connectivity index (χ2v) is 9.13. The number of nitrogens with two attached hydrogens (primary N) is 1. The number of hydrogen-bond donors (Lipinski definition) is 2. The SMILES string of the molecule is CC1(C)CC(C)(C)c2cc(-c3ccc(C(=O)O)c(F)c3C(N)=O)cc(Br)c2O1. The predicted molar refractivity (Wildman–Crippen MR) is 107 cm³/mol. The quantitative estimate of drug-likeness (QED) is 0.697. The van der Waals surface area contributed by atoms with Gasteiger partial charge in [-0.3, -0.25) is 4.79 Å². The molecule has 2 aromatic rings. The topological polar surface area (TPSA) is 89.6 Å². The van der Waals surface area contributed by atoms with E-state index in [-0.39, 0.29) is 16.6 Å². The number of carbonyl (C=O) groups excluding carboxylic acids is 1.